The largest absolute Gasteiger partial charge is 0.445 e. The van der Waals surface area contributed by atoms with E-state index in [1.807, 2.05) is 37.4 Å². The van der Waals surface area contributed by atoms with Gasteiger partial charge in [-0.3, -0.25) is 4.98 Å². The number of primary amides is 1. The maximum atomic E-state index is 10.8. The number of hydrogen-bond acceptors (Lipinski definition) is 3. The molecule has 0 atom stereocenters. The van der Waals surface area contributed by atoms with E-state index in [0.717, 1.165) is 39.8 Å². The molecule has 3 rings (SSSR count). The SMILES string of the molecule is CCc1c(-c2ccnc(C)c2)[nH]c2ccc(COC(N)=O)cc12. The molecule has 0 aliphatic rings. The lowest BCUT2D eigenvalue weighted by molar-refractivity contribution is 0.150. The van der Waals surface area contributed by atoms with E-state index >= 15 is 0 Å². The highest BCUT2D eigenvalue weighted by atomic mass is 16.5. The Morgan fingerprint density at radius 3 is 2.83 bits per heavy atom. The van der Waals surface area contributed by atoms with Crippen molar-refractivity contribution >= 4 is 17.0 Å². The van der Waals surface area contributed by atoms with Gasteiger partial charge in [0.1, 0.15) is 6.61 Å². The molecule has 23 heavy (non-hydrogen) atoms. The predicted octanol–water partition coefficient (Wildman–Crippen LogP) is 3.70. The lowest BCUT2D eigenvalue weighted by Gasteiger charge is -2.04. The van der Waals surface area contributed by atoms with Crippen molar-refractivity contribution in [1.29, 1.82) is 0 Å². The van der Waals surface area contributed by atoms with Crippen LogP contribution >= 0.6 is 0 Å². The summed E-state index contributed by atoms with van der Waals surface area (Å²) in [5.41, 5.74) is 11.5. The van der Waals surface area contributed by atoms with Crippen molar-refractivity contribution < 1.29 is 9.53 Å². The van der Waals surface area contributed by atoms with E-state index in [4.69, 9.17) is 10.5 Å². The molecular weight excluding hydrogens is 290 g/mol. The molecule has 0 radical (unpaired) electrons. The van der Waals surface area contributed by atoms with Crippen LogP contribution in [0.25, 0.3) is 22.2 Å². The highest BCUT2D eigenvalue weighted by Crippen LogP contribution is 2.31. The summed E-state index contributed by atoms with van der Waals surface area (Å²) in [5.74, 6) is 0. The van der Waals surface area contributed by atoms with Crippen LogP contribution in [0.15, 0.2) is 36.5 Å². The number of benzene rings is 1. The number of nitrogens with zero attached hydrogens (tertiary/aromatic N) is 1. The number of aromatic nitrogens is 2. The molecule has 2 heterocycles. The molecule has 0 fully saturated rings. The Hall–Kier alpha value is -2.82. The molecule has 3 N–H and O–H groups in total. The van der Waals surface area contributed by atoms with Gasteiger partial charge in [0.25, 0.3) is 0 Å². The number of aryl methyl sites for hydroxylation is 2. The molecule has 0 spiro atoms. The zero-order valence-corrected chi connectivity index (χ0v) is 13.2. The molecule has 1 aromatic carbocycles. The molecule has 0 saturated heterocycles. The number of aromatic amines is 1. The molecule has 0 saturated carbocycles. The molecule has 0 bridgehead atoms. The summed E-state index contributed by atoms with van der Waals surface area (Å²) < 4.78 is 4.88. The first-order valence-corrected chi connectivity index (χ1v) is 7.57. The van der Waals surface area contributed by atoms with Gasteiger partial charge in [-0.05, 0) is 48.7 Å². The first kappa shape index (κ1) is 15.1. The van der Waals surface area contributed by atoms with Gasteiger partial charge >= 0.3 is 6.09 Å². The van der Waals surface area contributed by atoms with E-state index in [9.17, 15) is 4.79 Å². The number of ether oxygens (including phenoxy) is 1. The Labute approximate surface area is 134 Å². The normalized spacial score (nSPS) is 10.9. The Balaban J connectivity index is 2.08. The fraction of sp³-hybridized carbons (Fsp3) is 0.222. The molecule has 1 amide bonds. The van der Waals surface area contributed by atoms with Gasteiger partial charge in [-0.15, -0.1) is 0 Å². The molecule has 5 heteroatoms. The summed E-state index contributed by atoms with van der Waals surface area (Å²) in [6.07, 6.45) is 1.96. The molecule has 2 aromatic heterocycles. The van der Waals surface area contributed by atoms with Crippen LogP contribution in [-0.2, 0) is 17.8 Å². The number of nitrogens with one attached hydrogen (secondary N) is 1. The smallest absolute Gasteiger partial charge is 0.404 e. The Morgan fingerprint density at radius 2 is 2.13 bits per heavy atom. The fourth-order valence-corrected chi connectivity index (χ4v) is 2.85. The van der Waals surface area contributed by atoms with Crippen molar-refractivity contribution in [3.8, 4) is 11.3 Å². The number of rotatable bonds is 4. The van der Waals surface area contributed by atoms with Crippen LogP contribution in [-0.4, -0.2) is 16.1 Å². The zero-order valence-electron chi connectivity index (χ0n) is 13.2. The molecule has 0 aliphatic heterocycles. The predicted molar refractivity (Wildman–Crippen MR) is 90.0 cm³/mol. The van der Waals surface area contributed by atoms with Crippen LogP contribution < -0.4 is 5.73 Å². The van der Waals surface area contributed by atoms with E-state index < -0.39 is 6.09 Å². The highest BCUT2D eigenvalue weighted by Gasteiger charge is 2.13. The summed E-state index contributed by atoms with van der Waals surface area (Å²) in [6.45, 7) is 4.30. The fourth-order valence-electron chi connectivity index (χ4n) is 2.85. The van der Waals surface area contributed by atoms with Crippen molar-refractivity contribution in [3.63, 3.8) is 0 Å². The van der Waals surface area contributed by atoms with Gasteiger partial charge < -0.3 is 15.5 Å². The maximum absolute atomic E-state index is 10.8. The van der Waals surface area contributed by atoms with Crippen LogP contribution in [0.5, 0.6) is 0 Å². The number of fused-ring (bicyclic) bond motifs is 1. The van der Waals surface area contributed by atoms with Gasteiger partial charge in [-0.1, -0.05) is 13.0 Å². The van der Waals surface area contributed by atoms with Crippen molar-refractivity contribution in [2.24, 2.45) is 5.73 Å². The minimum atomic E-state index is -0.761. The Bertz CT molecular complexity index is 868. The zero-order chi connectivity index (χ0) is 16.4. The monoisotopic (exact) mass is 309 g/mol. The summed E-state index contributed by atoms with van der Waals surface area (Å²) in [4.78, 5) is 18.5. The van der Waals surface area contributed by atoms with E-state index in [1.165, 1.54) is 5.56 Å². The van der Waals surface area contributed by atoms with Crippen molar-refractivity contribution in [2.75, 3.05) is 0 Å². The van der Waals surface area contributed by atoms with Gasteiger partial charge in [-0.2, -0.15) is 0 Å². The second-order valence-electron chi connectivity index (χ2n) is 5.51. The summed E-state index contributed by atoms with van der Waals surface area (Å²) in [7, 11) is 0. The quantitative estimate of drug-likeness (QED) is 0.771. The third-order valence-corrected chi connectivity index (χ3v) is 3.89. The van der Waals surface area contributed by atoms with Gasteiger partial charge in [0.05, 0.1) is 0 Å². The van der Waals surface area contributed by atoms with Crippen LogP contribution in [0.4, 0.5) is 4.79 Å². The second-order valence-corrected chi connectivity index (χ2v) is 5.51. The lowest BCUT2D eigenvalue weighted by Crippen LogP contribution is -2.12. The van der Waals surface area contributed by atoms with Crippen molar-refractivity contribution in [1.82, 2.24) is 9.97 Å². The Kier molecular flexibility index (Phi) is 4.02. The first-order valence-electron chi connectivity index (χ1n) is 7.57. The number of carbonyl (C=O) groups is 1. The number of H-pyrrole nitrogens is 1. The third-order valence-electron chi connectivity index (χ3n) is 3.89. The topological polar surface area (TPSA) is 81.0 Å². The van der Waals surface area contributed by atoms with E-state index in [2.05, 4.69) is 23.0 Å². The first-order chi connectivity index (χ1) is 11.1. The van der Waals surface area contributed by atoms with Crippen molar-refractivity contribution in [3.05, 3.63) is 53.3 Å². The van der Waals surface area contributed by atoms with Gasteiger partial charge in [0.15, 0.2) is 0 Å². The molecule has 5 nitrogen and oxygen atoms in total. The number of amides is 1. The third kappa shape index (κ3) is 3.04. The minimum Gasteiger partial charge on any atom is -0.445 e. The number of hydrogen-bond donors (Lipinski definition) is 2. The molecule has 118 valence electrons. The average Bonchev–Trinajstić information content (AvgIpc) is 2.90. The van der Waals surface area contributed by atoms with Crippen LogP contribution in [0.3, 0.4) is 0 Å². The second kappa shape index (κ2) is 6.12. The van der Waals surface area contributed by atoms with Gasteiger partial charge in [0.2, 0.25) is 0 Å². The van der Waals surface area contributed by atoms with E-state index in [-0.39, 0.29) is 6.61 Å². The lowest BCUT2D eigenvalue weighted by atomic mass is 10.0. The molecule has 3 aromatic rings. The van der Waals surface area contributed by atoms with Gasteiger partial charge in [0, 0.05) is 34.1 Å². The highest BCUT2D eigenvalue weighted by molar-refractivity contribution is 5.91. The number of carbonyl (C=O) groups excluding carboxylic acids is 1. The Morgan fingerprint density at radius 1 is 1.30 bits per heavy atom. The summed E-state index contributed by atoms with van der Waals surface area (Å²) in [6, 6.07) is 10.1. The van der Waals surface area contributed by atoms with Crippen LogP contribution in [0.2, 0.25) is 0 Å². The molecule has 0 unspecified atom stereocenters. The van der Waals surface area contributed by atoms with E-state index in [0.29, 0.717) is 0 Å². The average molecular weight is 309 g/mol. The molecule has 0 aliphatic carbocycles. The van der Waals surface area contributed by atoms with Gasteiger partial charge in [-0.25, -0.2) is 4.79 Å². The van der Waals surface area contributed by atoms with E-state index in [1.54, 1.807) is 0 Å². The van der Waals surface area contributed by atoms with Crippen LogP contribution in [0, 0.1) is 6.92 Å². The van der Waals surface area contributed by atoms with Crippen molar-refractivity contribution in [2.45, 2.75) is 26.9 Å². The maximum Gasteiger partial charge on any atom is 0.404 e. The summed E-state index contributed by atoms with van der Waals surface area (Å²) >= 11 is 0. The number of nitrogens with two attached hydrogens (primary N) is 1. The summed E-state index contributed by atoms with van der Waals surface area (Å²) in [5, 5.41) is 1.14. The van der Waals surface area contributed by atoms with Crippen LogP contribution in [0.1, 0.15) is 23.7 Å². The standard InChI is InChI=1S/C18H19N3O2/c1-3-14-15-9-12(10-23-18(19)22)4-5-16(15)21-17(14)13-6-7-20-11(2)8-13/h4-9,21H,3,10H2,1-2H3,(H2,19,22). The number of pyridine rings is 1. The molecular formula is C18H19N3O2. The minimum absolute atomic E-state index is 0.184.